The molecular weight excluding hydrogens is 340 g/mol. The molecule has 28 heavy (non-hydrogen) atoms. The van der Waals surface area contributed by atoms with Gasteiger partial charge in [0.05, 0.1) is 0 Å². The first-order valence-corrected chi connectivity index (χ1v) is 9.90. The SMILES string of the molecule is Cc1ccccc1-[n+]1ccc(-c2cc[n+](CCCc3ccccc3)cc2)cc1. The van der Waals surface area contributed by atoms with Crippen LogP contribution in [0.2, 0.25) is 0 Å². The molecule has 0 aliphatic carbocycles. The van der Waals surface area contributed by atoms with E-state index < -0.39 is 0 Å². The Balaban J connectivity index is 1.40. The summed E-state index contributed by atoms with van der Waals surface area (Å²) < 4.78 is 4.44. The topological polar surface area (TPSA) is 7.76 Å². The molecule has 2 heteroatoms. The largest absolute Gasteiger partial charge is 0.213 e. The van der Waals surface area contributed by atoms with Gasteiger partial charge in [-0.3, -0.25) is 0 Å². The van der Waals surface area contributed by atoms with Gasteiger partial charge in [-0.25, -0.2) is 4.57 Å². The van der Waals surface area contributed by atoms with Gasteiger partial charge in [-0.2, -0.15) is 4.57 Å². The monoisotopic (exact) mass is 366 g/mol. The smallest absolute Gasteiger partial charge is 0.205 e. The highest BCUT2D eigenvalue weighted by Crippen LogP contribution is 2.16. The zero-order chi connectivity index (χ0) is 19.2. The lowest BCUT2D eigenvalue weighted by atomic mass is 10.1. The summed E-state index contributed by atoms with van der Waals surface area (Å²) >= 11 is 0. The second kappa shape index (κ2) is 8.62. The van der Waals surface area contributed by atoms with Crippen LogP contribution in [0, 0.1) is 6.92 Å². The second-order valence-corrected chi connectivity index (χ2v) is 7.19. The molecule has 138 valence electrons. The molecule has 2 nitrogen and oxygen atoms in total. The fourth-order valence-electron chi connectivity index (χ4n) is 3.54. The van der Waals surface area contributed by atoms with Gasteiger partial charge in [0, 0.05) is 42.3 Å². The molecule has 0 saturated heterocycles. The molecule has 0 amide bonds. The molecule has 0 unspecified atom stereocenters. The molecule has 0 bridgehead atoms. The van der Waals surface area contributed by atoms with Gasteiger partial charge in [0.2, 0.25) is 5.69 Å². The molecule has 4 rings (SSSR count). The van der Waals surface area contributed by atoms with Crippen LogP contribution in [-0.4, -0.2) is 0 Å². The van der Waals surface area contributed by atoms with E-state index in [0.29, 0.717) is 0 Å². The second-order valence-electron chi connectivity index (χ2n) is 7.19. The van der Waals surface area contributed by atoms with Gasteiger partial charge in [-0.1, -0.05) is 48.5 Å². The van der Waals surface area contributed by atoms with Crippen LogP contribution < -0.4 is 9.13 Å². The van der Waals surface area contributed by atoms with Crippen molar-refractivity contribution in [2.75, 3.05) is 0 Å². The molecule has 2 aromatic heterocycles. The van der Waals surface area contributed by atoms with E-state index in [1.807, 2.05) is 0 Å². The number of rotatable bonds is 6. The number of aryl methyl sites for hydroxylation is 3. The minimum Gasteiger partial charge on any atom is -0.205 e. The van der Waals surface area contributed by atoms with E-state index in [1.54, 1.807) is 0 Å². The lowest BCUT2D eigenvalue weighted by Gasteiger charge is -2.03. The van der Waals surface area contributed by atoms with Crippen LogP contribution in [0.3, 0.4) is 0 Å². The van der Waals surface area contributed by atoms with E-state index in [2.05, 4.69) is 120 Å². The third kappa shape index (κ3) is 4.34. The zero-order valence-electron chi connectivity index (χ0n) is 16.3. The Hall–Kier alpha value is -3.26. The summed E-state index contributed by atoms with van der Waals surface area (Å²) in [5.41, 5.74) is 6.39. The predicted molar refractivity (Wildman–Crippen MR) is 113 cm³/mol. The average Bonchev–Trinajstić information content (AvgIpc) is 2.76. The Morgan fingerprint density at radius 2 is 1.25 bits per heavy atom. The van der Waals surface area contributed by atoms with Crippen molar-refractivity contribution in [2.45, 2.75) is 26.3 Å². The van der Waals surface area contributed by atoms with E-state index >= 15 is 0 Å². The van der Waals surface area contributed by atoms with Crippen molar-refractivity contribution in [3.8, 4) is 16.8 Å². The molecule has 0 aliphatic heterocycles. The standard InChI is InChI=1S/C26H26N2/c1-22-8-5-6-12-26(22)28-20-15-25(16-21-28)24-13-18-27(19-14-24)17-7-11-23-9-3-2-4-10-23/h2-6,8-10,12-16,18-21H,7,11,17H2,1H3/q+2. The fraction of sp³-hybridized carbons (Fsp3) is 0.154. The van der Waals surface area contributed by atoms with E-state index in [4.69, 9.17) is 0 Å². The number of pyridine rings is 2. The van der Waals surface area contributed by atoms with Crippen molar-refractivity contribution in [1.82, 2.24) is 0 Å². The molecule has 0 radical (unpaired) electrons. The highest BCUT2D eigenvalue weighted by molar-refractivity contribution is 5.61. The van der Waals surface area contributed by atoms with Crippen LogP contribution in [-0.2, 0) is 13.0 Å². The summed E-state index contributed by atoms with van der Waals surface area (Å²) in [6.07, 6.45) is 10.9. The van der Waals surface area contributed by atoms with Gasteiger partial charge in [0.25, 0.3) is 0 Å². The number of hydrogen-bond donors (Lipinski definition) is 0. The van der Waals surface area contributed by atoms with Gasteiger partial charge >= 0.3 is 0 Å². The first-order valence-electron chi connectivity index (χ1n) is 9.90. The minimum absolute atomic E-state index is 1.04. The Labute approximate surface area is 167 Å². The molecule has 4 aromatic rings. The Morgan fingerprint density at radius 1 is 0.643 bits per heavy atom. The Bertz CT molecular complexity index is 1020. The van der Waals surface area contributed by atoms with Crippen molar-refractivity contribution in [1.29, 1.82) is 0 Å². The molecule has 0 spiro atoms. The van der Waals surface area contributed by atoms with Crippen molar-refractivity contribution in [3.05, 3.63) is 115 Å². The van der Waals surface area contributed by atoms with Crippen LogP contribution in [0.1, 0.15) is 17.5 Å². The number of aromatic nitrogens is 2. The summed E-state index contributed by atoms with van der Waals surface area (Å²) in [6, 6.07) is 27.9. The predicted octanol–water partition coefficient (Wildman–Crippen LogP) is 4.86. The average molecular weight is 367 g/mol. The van der Waals surface area contributed by atoms with E-state index in [0.717, 1.165) is 19.4 Å². The third-order valence-electron chi connectivity index (χ3n) is 5.17. The van der Waals surface area contributed by atoms with Crippen LogP contribution in [0.15, 0.2) is 104 Å². The van der Waals surface area contributed by atoms with Gasteiger partial charge in [0.15, 0.2) is 24.8 Å². The molecule has 0 aliphatic rings. The van der Waals surface area contributed by atoms with E-state index in [9.17, 15) is 0 Å². The quantitative estimate of drug-likeness (QED) is 0.431. The summed E-state index contributed by atoms with van der Waals surface area (Å²) in [5, 5.41) is 0. The van der Waals surface area contributed by atoms with E-state index in [1.165, 1.54) is 27.9 Å². The van der Waals surface area contributed by atoms with Crippen LogP contribution in [0.5, 0.6) is 0 Å². The van der Waals surface area contributed by atoms with Crippen molar-refractivity contribution >= 4 is 0 Å². The maximum absolute atomic E-state index is 2.27. The normalized spacial score (nSPS) is 10.8. The van der Waals surface area contributed by atoms with Crippen LogP contribution in [0.25, 0.3) is 16.8 Å². The highest BCUT2D eigenvalue weighted by Gasteiger charge is 2.10. The molecular formula is C26H26N2+2. The summed E-state index contributed by atoms with van der Waals surface area (Å²) in [6.45, 7) is 3.18. The number of para-hydroxylation sites is 1. The Morgan fingerprint density at radius 3 is 1.93 bits per heavy atom. The maximum atomic E-state index is 2.27. The molecule has 0 fully saturated rings. The van der Waals surface area contributed by atoms with Crippen LogP contribution >= 0.6 is 0 Å². The zero-order valence-corrected chi connectivity index (χ0v) is 16.3. The van der Waals surface area contributed by atoms with Gasteiger partial charge in [-0.05, 0) is 30.0 Å². The summed E-state index contributed by atoms with van der Waals surface area (Å²) in [7, 11) is 0. The summed E-state index contributed by atoms with van der Waals surface area (Å²) in [4.78, 5) is 0. The first kappa shape index (κ1) is 18.1. The number of benzene rings is 2. The molecule has 2 aromatic carbocycles. The lowest BCUT2D eigenvalue weighted by Crippen LogP contribution is -2.32. The fourth-order valence-corrected chi connectivity index (χ4v) is 3.54. The third-order valence-corrected chi connectivity index (χ3v) is 5.17. The van der Waals surface area contributed by atoms with Crippen LogP contribution in [0.4, 0.5) is 0 Å². The van der Waals surface area contributed by atoms with Crippen molar-refractivity contribution in [3.63, 3.8) is 0 Å². The molecule has 2 heterocycles. The molecule has 0 saturated carbocycles. The van der Waals surface area contributed by atoms with Crippen molar-refractivity contribution < 1.29 is 9.13 Å². The minimum atomic E-state index is 1.04. The highest BCUT2D eigenvalue weighted by atomic mass is 14.9. The first-order chi connectivity index (χ1) is 13.8. The van der Waals surface area contributed by atoms with E-state index in [-0.39, 0.29) is 0 Å². The number of hydrogen-bond acceptors (Lipinski definition) is 0. The maximum Gasteiger partial charge on any atom is 0.213 e. The number of nitrogens with zero attached hydrogens (tertiary/aromatic N) is 2. The molecule has 0 N–H and O–H groups in total. The molecule has 0 atom stereocenters. The lowest BCUT2D eigenvalue weighted by molar-refractivity contribution is -0.697. The van der Waals surface area contributed by atoms with Gasteiger partial charge in [-0.15, -0.1) is 0 Å². The van der Waals surface area contributed by atoms with Gasteiger partial charge < -0.3 is 0 Å². The van der Waals surface area contributed by atoms with Gasteiger partial charge in [0.1, 0.15) is 6.54 Å². The van der Waals surface area contributed by atoms with Crippen molar-refractivity contribution in [2.24, 2.45) is 0 Å². The Kier molecular flexibility index (Phi) is 5.58. The summed E-state index contributed by atoms with van der Waals surface area (Å²) in [5.74, 6) is 0.